The van der Waals surface area contributed by atoms with E-state index in [-0.39, 0.29) is 24.0 Å². The topological polar surface area (TPSA) is 72.1 Å². The van der Waals surface area contributed by atoms with Crippen LogP contribution < -0.4 is 15.8 Å². The molecule has 1 aliphatic heterocycles. The van der Waals surface area contributed by atoms with E-state index in [0.29, 0.717) is 25.2 Å². The van der Waals surface area contributed by atoms with Crippen molar-refractivity contribution in [1.82, 2.24) is 10.2 Å². The van der Waals surface area contributed by atoms with Gasteiger partial charge in [0.05, 0.1) is 6.54 Å². The van der Waals surface area contributed by atoms with Gasteiger partial charge in [0, 0.05) is 32.3 Å². The molecule has 1 saturated heterocycles. The van der Waals surface area contributed by atoms with Crippen LogP contribution in [0.2, 0.25) is 0 Å². The second-order valence-electron chi connectivity index (χ2n) is 6.45. The number of benzene rings is 1. The Labute approximate surface area is 174 Å². The minimum absolute atomic E-state index is 0. The average Bonchev–Trinajstić information content (AvgIpc) is 2.65. The van der Waals surface area contributed by atoms with Gasteiger partial charge in [0.2, 0.25) is 0 Å². The summed E-state index contributed by atoms with van der Waals surface area (Å²) in [6.45, 7) is 6.84. The fraction of sp³-hybridized carbons (Fsp3) is 0.632. The molecule has 1 fully saturated rings. The third kappa shape index (κ3) is 8.55. The van der Waals surface area contributed by atoms with E-state index in [1.165, 1.54) is 0 Å². The van der Waals surface area contributed by atoms with Crippen LogP contribution >= 0.6 is 24.0 Å². The number of ether oxygens (including phenoxy) is 2. The van der Waals surface area contributed by atoms with Crippen LogP contribution in [0.3, 0.4) is 0 Å². The second kappa shape index (κ2) is 13.2. The number of aliphatic imine (C=N–C) groups is 1. The van der Waals surface area contributed by atoms with Gasteiger partial charge in [-0.1, -0.05) is 19.1 Å². The van der Waals surface area contributed by atoms with E-state index < -0.39 is 0 Å². The third-order valence-corrected chi connectivity index (χ3v) is 4.41. The monoisotopic (exact) mass is 476 g/mol. The molecule has 0 spiro atoms. The molecule has 26 heavy (non-hydrogen) atoms. The normalized spacial score (nSPS) is 15.6. The van der Waals surface area contributed by atoms with Crippen LogP contribution in [0.4, 0.5) is 0 Å². The molecule has 3 N–H and O–H groups in total. The average molecular weight is 476 g/mol. The Morgan fingerprint density at radius 3 is 2.88 bits per heavy atom. The van der Waals surface area contributed by atoms with Gasteiger partial charge >= 0.3 is 0 Å². The summed E-state index contributed by atoms with van der Waals surface area (Å²) in [5, 5.41) is 3.08. The number of hydrogen-bond donors (Lipinski definition) is 2. The van der Waals surface area contributed by atoms with E-state index in [1.54, 1.807) is 0 Å². The maximum Gasteiger partial charge on any atom is 0.188 e. The predicted molar refractivity (Wildman–Crippen MR) is 117 cm³/mol. The van der Waals surface area contributed by atoms with Crippen molar-refractivity contribution in [2.24, 2.45) is 10.7 Å². The minimum atomic E-state index is 0. The Morgan fingerprint density at radius 1 is 1.38 bits per heavy atom. The summed E-state index contributed by atoms with van der Waals surface area (Å²) in [6.07, 6.45) is 3.25. The molecule has 0 atom stereocenters. The largest absolute Gasteiger partial charge is 0.492 e. The molecule has 0 aliphatic carbocycles. The first-order chi connectivity index (χ1) is 12.2. The summed E-state index contributed by atoms with van der Waals surface area (Å²) in [5.41, 5.74) is 6.92. The lowest BCUT2D eigenvalue weighted by atomic mass is 10.1. The van der Waals surface area contributed by atoms with Crippen molar-refractivity contribution in [1.29, 1.82) is 0 Å². The molecule has 7 heteroatoms. The Morgan fingerprint density at radius 2 is 2.15 bits per heavy atom. The number of nitrogens with two attached hydrogens (primary N) is 1. The van der Waals surface area contributed by atoms with Gasteiger partial charge < -0.3 is 20.5 Å². The number of nitrogens with zero attached hydrogens (tertiary/aromatic N) is 2. The van der Waals surface area contributed by atoms with Gasteiger partial charge in [-0.2, -0.15) is 0 Å². The van der Waals surface area contributed by atoms with Crippen LogP contribution in [-0.2, 0) is 11.3 Å². The van der Waals surface area contributed by atoms with E-state index in [2.05, 4.69) is 29.2 Å². The molecule has 0 saturated carbocycles. The standard InChI is InChI=1S/C19H32N4O2.HI/c1-3-9-21-19(20)22-15-16-5-4-6-18(14-16)25-13-10-23(2)17-7-11-24-12-8-17;/h4-6,14,17H,3,7-13,15H2,1-2H3,(H3,20,21,22);1H. The van der Waals surface area contributed by atoms with Crippen molar-refractivity contribution in [3.8, 4) is 5.75 Å². The number of nitrogens with one attached hydrogen (secondary N) is 1. The molecule has 0 aromatic heterocycles. The Kier molecular flexibility index (Phi) is 11.6. The first kappa shape index (κ1) is 23.0. The highest BCUT2D eigenvalue weighted by atomic mass is 127. The lowest BCUT2D eigenvalue weighted by Crippen LogP contribution is -2.38. The zero-order valence-corrected chi connectivity index (χ0v) is 18.3. The highest BCUT2D eigenvalue weighted by Gasteiger charge is 2.17. The quantitative estimate of drug-likeness (QED) is 0.326. The maximum absolute atomic E-state index is 5.91. The van der Waals surface area contributed by atoms with E-state index in [4.69, 9.17) is 15.2 Å². The first-order valence-electron chi connectivity index (χ1n) is 9.22. The Balaban J connectivity index is 0.00000338. The molecule has 0 radical (unpaired) electrons. The summed E-state index contributed by atoms with van der Waals surface area (Å²) in [6, 6.07) is 8.66. The summed E-state index contributed by atoms with van der Waals surface area (Å²) in [4.78, 5) is 6.72. The summed E-state index contributed by atoms with van der Waals surface area (Å²) >= 11 is 0. The van der Waals surface area contributed by atoms with Crippen LogP contribution in [0.25, 0.3) is 0 Å². The van der Waals surface area contributed by atoms with Gasteiger partial charge in [-0.25, -0.2) is 4.99 Å². The van der Waals surface area contributed by atoms with Crippen molar-refractivity contribution >= 4 is 29.9 Å². The summed E-state index contributed by atoms with van der Waals surface area (Å²) in [7, 11) is 2.16. The Bertz CT molecular complexity index is 536. The number of halogens is 1. The van der Waals surface area contributed by atoms with E-state index in [0.717, 1.165) is 56.9 Å². The van der Waals surface area contributed by atoms with Crippen LogP contribution in [0, 0.1) is 0 Å². The number of hydrogen-bond acceptors (Lipinski definition) is 4. The minimum Gasteiger partial charge on any atom is -0.492 e. The van der Waals surface area contributed by atoms with Gasteiger partial charge in [-0.15, -0.1) is 24.0 Å². The van der Waals surface area contributed by atoms with Crippen molar-refractivity contribution in [2.75, 3.05) is 40.0 Å². The van der Waals surface area contributed by atoms with Crippen LogP contribution in [0.5, 0.6) is 5.75 Å². The molecule has 2 rings (SSSR count). The number of guanidine groups is 1. The molecular formula is C19H33IN4O2. The SMILES string of the molecule is CCCNC(N)=NCc1cccc(OCCN(C)C2CCOCC2)c1.I. The van der Waals surface area contributed by atoms with Gasteiger partial charge in [0.25, 0.3) is 0 Å². The zero-order chi connectivity index (χ0) is 17.9. The van der Waals surface area contributed by atoms with Gasteiger partial charge in [-0.3, -0.25) is 4.90 Å². The van der Waals surface area contributed by atoms with Gasteiger partial charge in [0.1, 0.15) is 12.4 Å². The predicted octanol–water partition coefficient (Wildman–Crippen LogP) is 2.61. The molecule has 6 nitrogen and oxygen atoms in total. The van der Waals surface area contributed by atoms with Crippen LogP contribution in [0.15, 0.2) is 29.3 Å². The van der Waals surface area contributed by atoms with Crippen molar-refractivity contribution in [3.05, 3.63) is 29.8 Å². The maximum atomic E-state index is 5.91. The lowest BCUT2D eigenvalue weighted by Gasteiger charge is -2.31. The van der Waals surface area contributed by atoms with Crippen molar-refractivity contribution < 1.29 is 9.47 Å². The summed E-state index contributed by atoms with van der Waals surface area (Å²) in [5.74, 6) is 1.37. The molecule has 0 unspecified atom stereocenters. The smallest absolute Gasteiger partial charge is 0.188 e. The summed E-state index contributed by atoms with van der Waals surface area (Å²) < 4.78 is 11.3. The van der Waals surface area contributed by atoms with E-state index >= 15 is 0 Å². The van der Waals surface area contributed by atoms with E-state index in [1.807, 2.05) is 24.3 Å². The molecule has 1 aromatic rings. The van der Waals surface area contributed by atoms with Crippen molar-refractivity contribution in [2.45, 2.75) is 38.8 Å². The van der Waals surface area contributed by atoms with E-state index in [9.17, 15) is 0 Å². The highest BCUT2D eigenvalue weighted by Crippen LogP contribution is 2.15. The molecule has 1 aromatic carbocycles. The van der Waals surface area contributed by atoms with Crippen molar-refractivity contribution in [3.63, 3.8) is 0 Å². The van der Waals surface area contributed by atoms with Crippen LogP contribution in [0.1, 0.15) is 31.7 Å². The fourth-order valence-corrected chi connectivity index (χ4v) is 2.84. The van der Waals surface area contributed by atoms with Gasteiger partial charge in [-0.05, 0) is 44.0 Å². The van der Waals surface area contributed by atoms with Crippen LogP contribution in [-0.4, -0.2) is 56.9 Å². The lowest BCUT2D eigenvalue weighted by molar-refractivity contribution is 0.0392. The second-order valence-corrected chi connectivity index (χ2v) is 6.45. The number of rotatable bonds is 9. The fourth-order valence-electron chi connectivity index (χ4n) is 2.84. The first-order valence-corrected chi connectivity index (χ1v) is 9.22. The molecule has 1 heterocycles. The van der Waals surface area contributed by atoms with Gasteiger partial charge in [0.15, 0.2) is 5.96 Å². The Hall–Kier alpha value is -1.06. The highest BCUT2D eigenvalue weighted by molar-refractivity contribution is 14.0. The molecule has 1 aliphatic rings. The third-order valence-electron chi connectivity index (χ3n) is 4.41. The molecular weight excluding hydrogens is 443 g/mol. The molecule has 148 valence electrons. The molecule has 0 amide bonds. The number of likely N-dealkylation sites (N-methyl/N-ethyl adjacent to an activating group) is 1. The zero-order valence-electron chi connectivity index (χ0n) is 15.9. The molecule has 0 bridgehead atoms.